The van der Waals surface area contributed by atoms with E-state index in [9.17, 15) is 0 Å². The Labute approximate surface area is 121 Å². The number of benzene rings is 1. The van der Waals surface area contributed by atoms with Gasteiger partial charge in [0.1, 0.15) is 0 Å². The zero-order valence-corrected chi connectivity index (χ0v) is 12.6. The molecule has 1 N–H and O–H groups in total. The lowest BCUT2D eigenvalue weighted by atomic mass is 9.83. The standard InChI is InChI=1S/C17H25NO2/c1-12(2)16-14(13-6-8-18-9-7-13)4-5-15-17(16)20-11-3-10-19-15/h4-5,12-13,18H,3,6-11H2,1-2H3. The molecule has 1 aromatic carbocycles. The Balaban J connectivity index is 2.02. The van der Waals surface area contributed by atoms with Gasteiger partial charge in [0.15, 0.2) is 11.5 Å². The average Bonchev–Trinajstić information content (AvgIpc) is 2.72. The maximum absolute atomic E-state index is 6.03. The summed E-state index contributed by atoms with van der Waals surface area (Å²) >= 11 is 0. The molecule has 20 heavy (non-hydrogen) atoms. The Bertz CT molecular complexity index is 464. The molecule has 0 aromatic heterocycles. The quantitative estimate of drug-likeness (QED) is 0.897. The molecule has 110 valence electrons. The highest BCUT2D eigenvalue weighted by Crippen LogP contribution is 2.43. The highest BCUT2D eigenvalue weighted by molar-refractivity contribution is 5.53. The summed E-state index contributed by atoms with van der Waals surface area (Å²) in [4.78, 5) is 0. The van der Waals surface area contributed by atoms with Crippen LogP contribution in [0.4, 0.5) is 0 Å². The van der Waals surface area contributed by atoms with Gasteiger partial charge < -0.3 is 14.8 Å². The van der Waals surface area contributed by atoms with Gasteiger partial charge in [0, 0.05) is 12.0 Å². The smallest absolute Gasteiger partial charge is 0.164 e. The van der Waals surface area contributed by atoms with E-state index in [-0.39, 0.29) is 0 Å². The number of ether oxygens (including phenoxy) is 2. The molecule has 2 heterocycles. The molecule has 3 heteroatoms. The summed E-state index contributed by atoms with van der Waals surface area (Å²) in [5.74, 6) is 3.07. The minimum absolute atomic E-state index is 0.469. The fourth-order valence-corrected chi connectivity index (χ4v) is 3.36. The molecule has 0 bridgehead atoms. The predicted molar refractivity (Wildman–Crippen MR) is 81.0 cm³/mol. The molecule has 0 aliphatic carbocycles. The zero-order valence-electron chi connectivity index (χ0n) is 12.6. The van der Waals surface area contributed by atoms with Crippen LogP contribution in [-0.2, 0) is 0 Å². The van der Waals surface area contributed by atoms with Crippen LogP contribution in [-0.4, -0.2) is 26.3 Å². The van der Waals surface area contributed by atoms with Crippen molar-refractivity contribution >= 4 is 0 Å². The normalized spacial score (nSPS) is 19.9. The number of rotatable bonds is 2. The summed E-state index contributed by atoms with van der Waals surface area (Å²) in [7, 11) is 0. The molecule has 2 aliphatic rings. The first-order valence-corrected chi connectivity index (χ1v) is 7.90. The van der Waals surface area contributed by atoms with E-state index in [4.69, 9.17) is 9.47 Å². The number of piperidine rings is 1. The molecule has 3 rings (SSSR count). The highest BCUT2D eigenvalue weighted by atomic mass is 16.5. The summed E-state index contributed by atoms with van der Waals surface area (Å²) in [6.45, 7) is 8.29. The first-order valence-electron chi connectivity index (χ1n) is 7.90. The van der Waals surface area contributed by atoms with Gasteiger partial charge in [-0.05, 0) is 49.4 Å². The van der Waals surface area contributed by atoms with Crippen molar-refractivity contribution in [2.75, 3.05) is 26.3 Å². The van der Waals surface area contributed by atoms with E-state index in [0.29, 0.717) is 11.8 Å². The first kappa shape index (κ1) is 13.7. The minimum atomic E-state index is 0.469. The fraction of sp³-hybridized carbons (Fsp3) is 0.647. The van der Waals surface area contributed by atoms with Gasteiger partial charge >= 0.3 is 0 Å². The van der Waals surface area contributed by atoms with Crippen LogP contribution in [0.3, 0.4) is 0 Å². The van der Waals surface area contributed by atoms with E-state index >= 15 is 0 Å². The van der Waals surface area contributed by atoms with Crippen LogP contribution >= 0.6 is 0 Å². The molecule has 1 saturated heterocycles. The summed E-state index contributed by atoms with van der Waals surface area (Å²) in [5.41, 5.74) is 2.85. The predicted octanol–water partition coefficient (Wildman–Crippen LogP) is 3.44. The van der Waals surface area contributed by atoms with E-state index in [0.717, 1.165) is 44.2 Å². The maximum Gasteiger partial charge on any atom is 0.164 e. The van der Waals surface area contributed by atoms with Crippen molar-refractivity contribution in [1.82, 2.24) is 5.32 Å². The molecule has 0 amide bonds. The van der Waals surface area contributed by atoms with Crippen molar-refractivity contribution in [2.45, 2.75) is 44.9 Å². The maximum atomic E-state index is 6.03. The molecule has 1 aromatic rings. The van der Waals surface area contributed by atoms with Gasteiger partial charge in [0.2, 0.25) is 0 Å². The lowest BCUT2D eigenvalue weighted by molar-refractivity contribution is 0.295. The van der Waals surface area contributed by atoms with Crippen LogP contribution < -0.4 is 14.8 Å². The Morgan fingerprint density at radius 1 is 1.10 bits per heavy atom. The fourth-order valence-electron chi connectivity index (χ4n) is 3.36. The zero-order chi connectivity index (χ0) is 13.9. The third-order valence-corrected chi connectivity index (χ3v) is 4.34. The van der Waals surface area contributed by atoms with Gasteiger partial charge in [-0.15, -0.1) is 0 Å². The van der Waals surface area contributed by atoms with E-state index in [1.807, 2.05) is 0 Å². The average molecular weight is 275 g/mol. The van der Waals surface area contributed by atoms with Gasteiger partial charge in [-0.3, -0.25) is 0 Å². The monoisotopic (exact) mass is 275 g/mol. The Morgan fingerprint density at radius 3 is 2.60 bits per heavy atom. The third-order valence-electron chi connectivity index (χ3n) is 4.34. The van der Waals surface area contributed by atoms with Crippen LogP contribution in [0.5, 0.6) is 11.5 Å². The van der Waals surface area contributed by atoms with Crippen LogP contribution in [0.25, 0.3) is 0 Å². The van der Waals surface area contributed by atoms with Crippen LogP contribution in [0.15, 0.2) is 12.1 Å². The third kappa shape index (κ3) is 2.64. The SMILES string of the molecule is CC(C)c1c(C2CCNCC2)ccc2c1OCCCO2. The lowest BCUT2D eigenvalue weighted by Gasteiger charge is -2.28. The lowest BCUT2D eigenvalue weighted by Crippen LogP contribution is -2.27. The summed E-state index contributed by atoms with van der Waals surface area (Å²) < 4.78 is 11.9. The number of nitrogens with one attached hydrogen (secondary N) is 1. The number of hydrogen-bond acceptors (Lipinski definition) is 3. The van der Waals surface area contributed by atoms with E-state index in [1.54, 1.807) is 0 Å². The van der Waals surface area contributed by atoms with E-state index < -0.39 is 0 Å². The Morgan fingerprint density at radius 2 is 1.85 bits per heavy atom. The molecule has 0 radical (unpaired) electrons. The molecular formula is C17H25NO2. The molecule has 0 spiro atoms. The van der Waals surface area contributed by atoms with Gasteiger partial charge in [0.05, 0.1) is 13.2 Å². The van der Waals surface area contributed by atoms with Crippen molar-refractivity contribution in [1.29, 1.82) is 0 Å². The second kappa shape index (κ2) is 6.04. The van der Waals surface area contributed by atoms with Crippen molar-refractivity contribution in [3.63, 3.8) is 0 Å². The molecule has 1 fully saturated rings. The van der Waals surface area contributed by atoms with Gasteiger partial charge in [0.25, 0.3) is 0 Å². The summed E-state index contributed by atoms with van der Waals surface area (Å²) in [6, 6.07) is 4.39. The van der Waals surface area contributed by atoms with Crippen molar-refractivity contribution < 1.29 is 9.47 Å². The van der Waals surface area contributed by atoms with Crippen LogP contribution in [0.1, 0.15) is 56.1 Å². The van der Waals surface area contributed by atoms with Gasteiger partial charge in [-0.2, -0.15) is 0 Å². The second-order valence-electron chi connectivity index (χ2n) is 6.13. The van der Waals surface area contributed by atoms with Crippen LogP contribution in [0, 0.1) is 0 Å². The summed E-state index contributed by atoms with van der Waals surface area (Å²) in [6.07, 6.45) is 3.41. The number of hydrogen-bond donors (Lipinski definition) is 1. The topological polar surface area (TPSA) is 30.5 Å². The molecule has 0 unspecified atom stereocenters. The molecule has 3 nitrogen and oxygen atoms in total. The van der Waals surface area contributed by atoms with Crippen LogP contribution in [0.2, 0.25) is 0 Å². The highest BCUT2D eigenvalue weighted by Gasteiger charge is 2.25. The molecular weight excluding hydrogens is 250 g/mol. The van der Waals surface area contributed by atoms with Crippen molar-refractivity contribution in [3.8, 4) is 11.5 Å². The van der Waals surface area contributed by atoms with Gasteiger partial charge in [-0.1, -0.05) is 19.9 Å². The van der Waals surface area contributed by atoms with E-state index in [2.05, 4.69) is 31.3 Å². The first-order chi connectivity index (χ1) is 9.77. The second-order valence-corrected chi connectivity index (χ2v) is 6.13. The molecule has 0 saturated carbocycles. The molecule has 0 atom stereocenters. The van der Waals surface area contributed by atoms with Crippen molar-refractivity contribution in [2.24, 2.45) is 0 Å². The Hall–Kier alpha value is -1.22. The van der Waals surface area contributed by atoms with E-state index in [1.165, 1.54) is 24.0 Å². The number of fused-ring (bicyclic) bond motifs is 1. The van der Waals surface area contributed by atoms with Crippen molar-refractivity contribution in [3.05, 3.63) is 23.3 Å². The largest absolute Gasteiger partial charge is 0.490 e. The summed E-state index contributed by atoms with van der Waals surface area (Å²) in [5, 5.41) is 3.45. The van der Waals surface area contributed by atoms with Gasteiger partial charge in [-0.25, -0.2) is 0 Å². The minimum Gasteiger partial charge on any atom is -0.490 e. The Kier molecular flexibility index (Phi) is 4.16. The molecule has 2 aliphatic heterocycles.